The van der Waals surface area contributed by atoms with Gasteiger partial charge in [0.05, 0.1) is 18.8 Å². The quantitative estimate of drug-likeness (QED) is 0.758. The fourth-order valence-corrected chi connectivity index (χ4v) is 2.00. The van der Waals surface area contributed by atoms with Crippen LogP contribution in [0.5, 0.6) is 0 Å². The number of hydrogen-bond acceptors (Lipinski definition) is 4. The van der Waals surface area contributed by atoms with Crippen molar-refractivity contribution < 1.29 is 14.6 Å². The topological polar surface area (TPSA) is 61.8 Å². The van der Waals surface area contributed by atoms with E-state index in [1.165, 1.54) is 0 Å². The molecule has 0 radical (unpaired) electrons. The van der Waals surface area contributed by atoms with E-state index in [-0.39, 0.29) is 12.0 Å². The van der Waals surface area contributed by atoms with E-state index < -0.39 is 6.10 Å². The molecule has 1 amide bonds. The maximum atomic E-state index is 11.5. The molecule has 5 nitrogen and oxygen atoms in total. The minimum atomic E-state index is -0.498. The fraction of sp³-hybridized carbons (Fsp3) is 0.562. The number of rotatable bonds is 8. The highest BCUT2D eigenvalue weighted by Gasteiger charge is 2.10. The van der Waals surface area contributed by atoms with E-state index in [1.807, 2.05) is 37.9 Å². The minimum absolute atomic E-state index is 0.0869. The van der Waals surface area contributed by atoms with Gasteiger partial charge < -0.3 is 15.2 Å². The van der Waals surface area contributed by atoms with Gasteiger partial charge in [-0.3, -0.25) is 9.69 Å². The van der Waals surface area contributed by atoms with Crippen LogP contribution in [0.1, 0.15) is 29.8 Å². The molecule has 0 spiro atoms. The smallest absolute Gasteiger partial charge is 0.251 e. The third kappa shape index (κ3) is 6.71. The molecule has 21 heavy (non-hydrogen) atoms. The predicted octanol–water partition coefficient (Wildman–Crippen LogP) is 1.26. The Morgan fingerprint density at radius 3 is 2.48 bits per heavy atom. The van der Waals surface area contributed by atoms with Crippen molar-refractivity contribution in [2.75, 3.05) is 27.2 Å². The molecule has 1 aromatic carbocycles. The van der Waals surface area contributed by atoms with Crippen molar-refractivity contribution in [1.82, 2.24) is 10.2 Å². The summed E-state index contributed by atoms with van der Waals surface area (Å²) in [6.07, 6.45) is -0.371. The summed E-state index contributed by atoms with van der Waals surface area (Å²) >= 11 is 0. The zero-order valence-electron chi connectivity index (χ0n) is 13.3. The number of likely N-dealkylation sites (N-methyl/N-ethyl adjacent to an activating group) is 1. The van der Waals surface area contributed by atoms with Crippen LogP contribution in [-0.4, -0.2) is 55.4 Å². The lowest BCUT2D eigenvalue weighted by Crippen LogP contribution is -2.32. The molecule has 0 aromatic heterocycles. The number of aliphatic hydroxyl groups excluding tert-OH is 1. The Morgan fingerprint density at radius 2 is 1.95 bits per heavy atom. The average molecular weight is 294 g/mol. The molecular formula is C16H26N2O3. The van der Waals surface area contributed by atoms with E-state index in [1.54, 1.807) is 19.2 Å². The van der Waals surface area contributed by atoms with Crippen LogP contribution in [0.3, 0.4) is 0 Å². The number of carbonyl (C=O) groups excluding carboxylic acids is 1. The van der Waals surface area contributed by atoms with E-state index in [9.17, 15) is 9.90 Å². The number of hydrogen-bond donors (Lipinski definition) is 2. The second kappa shape index (κ2) is 8.77. The Labute approximate surface area is 126 Å². The van der Waals surface area contributed by atoms with Crippen LogP contribution >= 0.6 is 0 Å². The van der Waals surface area contributed by atoms with Crippen LogP contribution in [-0.2, 0) is 11.3 Å². The molecule has 1 unspecified atom stereocenters. The van der Waals surface area contributed by atoms with Gasteiger partial charge in [-0.1, -0.05) is 12.1 Å². The van der Waals surface area contributed by atoms with Gasteiger partial charge in [0.1, 0.15) is 0 Å². The highest BCUT2D eigenvalue weighted by molar-refractivity contribution is 5.93. The van der Waals surface area contributed by atoms with Crippen LogP contribution in [0, 0.1) is 0 Å². The van der Waals surface area contributed by atoms with Gasteiger partial charge in [-0.25, -0.2) is 0 Å². The summed E-state index contributed by atoms with van der Waals surface area (Å²) in [4.78, 5) is 13.5. The van der Waals surface area contributed by atoms with Crippen LogP contribution < -0.4 is 5.32 Å². The molecule has 0 saturated heterocycles. The number of amides is 1. The van der Waals surface area contributed by atoms with Crippen molar-refractivity contribution in [2.45, 2.75) is 32.6 Å². The maximum absolute atomic E-state index is 11.5. The van der Waals surface area contributed by atoms with E-state index in [0.717, 1.165) is 5.56 Å². The number of nitrogens with zero attached hydrogens (tertiary/aromatic N) is 1. The van der Waals surface area contributed by atoms with Crippen LogP contribution in [0.2, 0.25) is 0 Å². The fourth-order valence-electron chi connectivity index (χ4n) is 2.00. The third-order valence-electron chi connectivity index (χ3n) is 3.04. The molecular weight excluding hydrogens is 268 g/mol. The molecule has 0 fully saturated rings. The van der Waals surface area contributed by atoms with Gasteiger partial charge in [0, 0.05) is 25.7 Å². The summed E-state index contributed by atoms with van der Waals surface area (Å²) in [7, 11) is 3.57. The Morgan fingerprint density at radius 1 is 1.33 bits per heavy atom. The van der Waals surface area contributed by atoms with Gasteiger partial charge in [-0.15, -0.1) is 0 Å². The Kier molecular flexibility index (Phi) is 7.36. The first kappa shape index (κ1) is 17.6. The first-order valence-corrected chi connectivity index (χ1v) is 7.21. The van der Waals surface area contributed by atoms with E-state index in [0.29, 0.717) is 25.3 Å². The first-order chi connectivity index (χ1) is 9.92. The first-order valence-electron chi connectivity index (χ1n) is 7.21. The molecule has 1 rings (SSSR count). The highest BCUT2D eigenvalue weighted by atomic mass is 16.5. The Bertz CT molecular complexity index is 432. The second-order valence-electron chi connectivity index (χ2n) is 5.51. The van der Waals surface area contributed by atoms with Crippen molar-refractivity contribution in [3.05, 3.63) is 35.4 Å². The van der Waals surface area contributed by atoms with Crippen LogP contribution in [0.25, 0.3) is 0 Å². The lowest BCUT2D eigenvalue weighted by molar-refractivity contribution is -0.00634. The number of ether oxygens (including phenoxy) is 1. The molecule has 1 atom stereocenters. The molecule has 0 aliphatic rings. The van der Waals surface area contributed by atoms with Gasteiger partial charge >= 0.3 is 0 Å². The van der Waals surface area contributed by atoms with Crippen molar-refractivity contribution >= 4 is 5.91 Å². The molecule has 2 N–H and O–H groups in total. The van der Waals surface area contributed by atoms with Crippen molar-refractivity contribution in [3.8, 4) is 0 Å². The summed E-state index contributed by atoms with van der Waals surface area (Å²) < 4.78 is 5.39. The number of benzene rings is 1. The largest absolute Gasteiger partial charge is 0.389 e. The maximum Gasteiger partial charge on any atom is 0.251 e. The molecule has 0 aliphatic carbocycles. The highest BCUT2D eigenvalue weighted by Crippen LogP contribution is 2.07. The van der Waals surface area contributed by atoms with Gasteiger partial charge in [0.2, 0.25) is 0 Å². The molecule has 0 bridgehead atoms. The lowest BCUT2D eigenvalue weighted by atomic mass is 10.1. The van der Waals surface area contributed by atoms with Crippen molar-refractivity contribution in [3.63, 3.8) is 0 Å². The molecule has 0 heterocycles. The average Bonchev–Trinajstić information content (AvgIpc) is 2.45. The molecule has 1 aromatic rings. The summed E-state index contributed by atoms with van der Waals surface area (Å²) in [6, 6.07) is 7.47. The molecule has 0 aliphatic heterocycles. The van der Waals surface area contributed by atoms with Gasteiger partial charge in [0.25, 0.3) is 5.91 Å². The van der Waals surface area contributed by atoms with Crippen LogP contribution in [0.15, 0.2) is 24.3 Å². The van der Waals surface area contributed by atoms with Gasteiger partial charge in [0.15, 0.2) is 0 Å². The predicted molar refractivity (Wildman–Crippen MR) is 83.3 cm³/mol. The minimum Gasteiger partial charge on any atom is -0.389 e. The summed E-state index contributed by atoms with van der Waals surface area (Å²) in [5.74, 6) is -0.0869. The third-order valence-corrected chi connectivity index (χ3v) is 3.04. The second-order valence-corrected chi connectivity index (χ2v) is 5.51. The Hall–Kier alpha value is -1.43. The van der Waals surface area contributed by atoms with Gasteiger partial charge in [-0.05, 0) is 38.6 Å². The van der Waals surface area contributed by atoms with Crippen LogP contribution in [0.4, 0.5) is 0 Å². The zero-order valence-corrected chi connectivity index (χ0v) is 13.3. The van der Waals surface area contributed by atoms with Gasteiger partial charge in [-0.2, -0.15) is 0 Å². The number of aliphatic hydroxyl groups is 1. The van der Waals surface area contributed by atoms with E-state index >= 15 is 0 Å². The molecule has 5 heteroatoms. The standard InChI is InChI=1S/C16H26N2O3/c1-12(2)21-11-15(19)10-18(4)9-13-5-7-14(8-6-13)16(20)17-3/h5-8,12,15,19H,9-11H2,1-4H3,(H,17,20). The summed E-state index contributed by atoms with van der Waals surface area (Å²) in [5, 5.41) is 12.5. The lowest BCUT2D eigenvalue weighted by Gasteiger charge is -2.21. The van der Waals surface area contributed by atoms with Crippen molar-refractivity contribution in [2.24, 2.45) is 0 Å². The Balaban J connectivity index is 2.43. The summed E-state index contributed by atoms with van der Waals surface area (Å²) in [5.41, 5.74) is 1.75. The normalized spacial score (nSPS) is 12.7. The van der Waals surface area contributed by atoms with Crippen molar-refractivity contribution in [1.29, 1.82) is 0 Å². The van der Waals surface area contributed by atoms with E-state index in [2.05, 4.69) is 5.32 Å². The van der Waals surface area contributed by atoms with E-state index in [4.69, 9.17) is 4.74 Å². The number of nitrogens with one attached hydrogen (secondary N) is 1. The monoisotopic (exact) mass is 294 g/mol. The molecule has 0 saturated carbocycles. The zero-order chi connectivity index (χ0) is 15.8. The summed E-state index contributed by atoms with van der Waals surface area (Å²) in [6.45, 7) is 5.50. The molecule has 118 valence electrons. The number of carbonyl (C=O) groups is 1. The SMILES string of the molecule is CNC(=O)c1ccc(CN(C)CC(O)COC(C)C)cc1.